The highest BCUT2D eigenvalue weighted by molar-refractivity contribution is 7.80. The van der Waals surface area contributed by atoms with Gasteiger partial charge in [-0.05, 0) is 36.2 Å². The van der Waals surface area contributed by atoms with E-state index in [2.05, 4.69) is 30.0 Å². The summed E-state index contributed by atoms with van der Waals surface area (Å²) in [6.45, 7) is 5.86. The van der Waals surface area contributed by atoms with Gasteiger partial charge in [-0.3, -0.25) is 20.4 Å². The van der Waals surface area contributed by atoms with Crippen molar-refractivity contribution in [3.63, 3.8) is 0 Å². The quantitative estimate of drug-likeness (QED) is 0.547. The molecule has 0 aliphatic carbocycles. The first-order chi connectivity index (χ1) is 10.9. The van der Waals surface area contributed by atoms with Gasteiger partial charge >= 0.3 is 0 Å². The highest BCUT2D eigenvalue weighted by atomic mass is 32.1. The van der Waals surface area contributed by atoms with Crippen LogP contribution in [-0.2, 0) is 9.59 Å². The van der Waals surface area contributed by atoms with E-state index in [4.69, 9.17) is 17.0 Å². The number of ether oxygens (including phenoxy) is 1. The zero-order valence-corrected chi connectivity index (χ0v) is 14.5. The van der Waals surface area contributed by atoms with Gasteiger partial charge in [0.25, 0.3) is 5.91 Å². The molecule has 0 saturated carbocycles. The van der Waals surface area contributed by atoms with Crippen LogP contribution in [0, 0.1) is 0 Å². The Hall–Kier alpha value is -2.15. The normalized spacial score (nSPS) is 10.1. The van der Waals surface area contributed by atoms with Crippen molar-refractivity contribution >= 4 is 29.1 Å². The number of para-hydroxylation sites is 1. The zero-order chi connectivity index (χ0) is 17.2. The van der Waals surface area contributed by atoms with Crippen LogP contribution in [0.15, 0.2) is 24.3 Å². The van der Waals surface area contributed by atoms with Gasteiger partial charge in [0.15, 0.2) is 11.7 Å². The molecule has 0 spiro atoms. The fraction of sp³-hybridized carbons (Fsp3) is 0.438. The second-order valence-corrected chi connectivity index (χ2v) is 5.69. The smallest absolute Gasteiger partial charge is 0.276 e. The molecule has 0 aromatic heterocycles. The molecular formula is C16H23N3O3S. The molecule has 23 heavy (non-hydrogen) atoms. The topological polar surface area (TPSA) is 79.5 Å². The maximum absolute atomic E-state index is 11.7. The summed E-state index contributed by atoms with van der Waals surface area (Å²) in [5.74, 6) is 0.391. The molecular weight excluding hydrogens is 314 g/mol. The number of amides is 2. The molecule has 0 heterocycles. The van der Waals surface area contributed by atoms with E-state index in [1.807, 2.05) is 31.2 Å². The maximum Gasteiger partial charge on any atom is 0.276 e. The molecule has 126 valence electrons. The summed E-state index contributed by atoms with van der Waals surface area (Å²) in [6.07, 6.45) is 1.11. The number of carbonyl (C=O) groups is 2. The van der Waals surface area contributed by atoms with Crippen molar-refractivity contribution in [3.8, 4) is 5.75 Å². The Labute approximate surface area is 141 Å². The monoisotopic (exact) mass is 337 g/mol. The van der Waals surface area contributed by atoms with Crippen LogP contribution in [0.1, 0.15) is 45.1 Å². The molecule has 6 nitrogen and oxygen atoms in total. The lowest BCUT2D eigenvalue weighted by Gasteiger charge is -2.14. The molecule has 7 heteroatoms. The van der Waals surface area contributed by atoms with Gasteiger partial charge in [0.1, 0.15) is 5.75 Å². The highest BCUT2D eigenvalue weighted by Crippen LogP contribution is 2.25. The minimum atomic E-state index is -0.393. The lowest BCUT2D eigenvalue weighted by molar-refractivity contribution is -0.124. The van der Waals surface area contributed by atoms with Crippen molar-refractivity contribution in [3.05, 3.63) is 29.8 Å². The molecule has 0 unspecified atom stereocenters. The third kappa shape index (κ3) is 7.10. The largest absolute Gasteiger partial charge is 0.483 e. The average Bonchev–Trinajstić information content (AvgIpc) is 2.51. The molecule has 0 fully saturated rings. The number of carbonyl (C=O) groups excluding carboxylic acids is 2. The zero-order valence-electron chi connectivity index (χ0n) is 13.6. The van der Waals surface area contributed by atoms with Gasteiger partial charge in [0.2, 0.25) is 5.91 Å². The van der Waals surface area contributed by atoms with Gasteiger partial charge in [0, 0.05) is 6.42 Å². The van der Waals surface area contributed by atoms with Crippen molar-refractivity contribution in [2.45, 2.75) is 39.5 Å². The van der Waals surface area contributed by atoms with E-state index in [1.165, 1.54) is 0 Å². The minimum absolute atomic E-state index is 0.0550. The van der Waals surface area contributed by atoms with E-state index < -0.39 is 5.91 Å². The van der Waals surface area contributed by atoms with E-state index in [-0.39, 0.29) is 17.6 Å². The molecule has 0 aliphatic rings. The van der Waals surface area contributed by atoms with Gasteiger partial charge in [-0.25, -0.2) is 0 Å². The molecule has 1 aromatic rings. The van der Waals surface area contributed by atoms with Gasteiger partial charge in [-0.15, -0.1) is 0 Å². The molecule has 0 atom stereocenters. The Morgan fingerprint density at radius 3 is 2.52 bits per heavy atom. The van der Waals surface area contributed by atoms with Crippen LogP contribution in [0.25, 0.3) is 0 Å². The molecule has 1 aromatic carbocycles. The number of hydrogen-bond acceptors (Lipinski definition) is 4. The number of hydrogen-bond donors (Lipinski definition) is 3. The van der Waals surface area contributed by atoms with E-state index in [0.717, 1.165) is 12.0 Å². The summed E-state index contributed by atoms with van der Waals surface area (Å²) < 4.78 is 5.53. The van der Waals surface area contributed by atoms with Crippen LogP contribution < -0.4 is 20.9 Å². The summed E-state index contributed by atoms with van der Waals surface area (Å²) in [6, 6.07) is 7.58. The number of thiocarbonyl (C=S) groups is 1. The Morgan fingerprint density at radius 1 is 1.17 bits per heavy atom. The molecule has 2 amide bonds. The van der Waals surface area contributed by atoms with Crippen LogP contribution >= 0.6 is 12.2 Å². The van der Waals surface area contributed by atoms with Crippen LogP contribution in [0.3, 0.4) is 0 Å². The van der Waals surface area contributed by atoms with Crippen LogP contribution in [0.5, 0.6) is 5.75 Å². The van der Waals surface area contributed by atoms with Crippen molar-refractivity contribution in [2.24, 2.45) is 0 Å². The first kappa shape index (κ1) is 18.9. The summed E-state index contributed by atoms with van der Waals surface area (Å²) in [4.78, 5) is 23.1. The first-order valence-electron chi connectivity index (χ1n) is 7.54. The number of nitrogens with one attached hydrogen (secondary N) is 3. The highest BCUT2D eigenvalue weighted by Gasteiger charge is 2.09. The van der Waals surface area contributed by atoms with E-state index in [1.54, 1.807) is 0 Å². The Balaban J connectivity index is 2.38. The van der Waals surface area contributed by atoms with E-state index in [9.17, 15) is 9.59 Å². The minimum Gasteiger partial charge on any atom is -0.483 e. The Kier molecular flexibility index (Phi) is 8.04. The predicted octanol–water partition coefficient (Wildman–Crippen LogP) is 2.01. The van der Waals surface area contributed by atoms with Crippen molar-refractivity contribution in [2.75, 3.05) is 6.61 Å². The van der Waals surface area contributed by atoms with Gasteiger partial charge < -0.3 is 10.1 Å². The molecule has 1 rings (SSSR count). The standard InChI is InChI=1S/C16H23N3O3S/c1-4-7-14(20)17-16(23)19-18-15(21)10-22-13-9-6-5-8-12(13)11(2)3/h5-6,8-9,11H,4,7,10H2,1-3H3,(H,18,21)(H2,17,19,20,23). The lowest BCUT2D eigenvalue weighted by Crippen LogP contribution is -2.49. The van der Waals surface area contributed by atoms with Gasteiger partial charge in [-0.2, -0.15) is 0 Å². The predicted molar refractivity (Wildman–Crippen MR) is 93.0 cm³/mol. The second kappa shape index (κ2) is 9.78. The summed E-state index contributed by atoms with van der Waals surface area (Å²) in [5.41, 5.74) is 5.88. The molecule has 3 N–H and O–H groups in total. The maximum atomic E-state index is 11.7. The molecule has 0 radical (unpaired) electrons. The molecule has 0 saturated heterocycles. The summed E-state index contributed by atoms with van der Waals surface area (Å²) in [5, 5.41) is 2.51. The van der Waals surface area contributed by atoms with Crippen molar-refractivity contribution in [1.82, 2.24) is 16.2 Å². The number of benzene rings is 1. The fourth-order valence-corrected chi connectivity index (χ4v) is 2.01. The Morgan fingerprint density at radius 2 is 1.87 bits per heavy atom. The fourth-order valence-electron chi connectivity index (χ4n) is 1.84. The molecule has 0 bridgehead atoms. The van der Waals surface area contributed by atoms with Crippen molar-refractivity contribution < 1.29 is 14.3 Å². The van der Waals surface area contributed by atoms with Crippen LogP contribution in [-0.4, -0.2) is 23.5 Å². The first-order valence-corrected chi connectivity index (χ1v) is 7.95. The van der Waals surface area contributed by atoms with Crippen molar-refractivity contribution in [1.29, 1.82) is 0 Å². The Bertz CT molecular complexity index is 561. The third-order valence-corrected chi connectivity index (χ3v) is 3.15. The third-order valence-electron chi connectivity index (χ3n) is 2.95. The summed E-state index contributed by atoms with van der Waals surface area (Å²) in [7, 11) is 0. The van der Waals surface area contributed by atoms with Gasteiger partial charge in [0.05, 0.1) is 0 Å². The second-order valence-electron chi connectivity index (χ2n) is 5.28. The SMILES string of the molecule is CCCC(=O)NC(=S)NNC(=O)COc1ccccc1C(C)C. The van der Waals surface area contributed by atoms with E-state index in [0.29, 0.717) is 18.1 Å². The lowest BCUT2D eigenvalue weighted by atomic mass is 10.0. The summed E-state index contributed by atoms with van der Waals surface area (Å²) >= 11 is 4.90. The number of rotatable bonds is 6. The van der Waals surface area contributed by atoms with E-state index >= 15 is 0 Å². The number of hydrazine groups is 1. The van der Waals surface area contributed by atoms with Gasteiger partial charge in [-0.1, -0.05) is 39.0 Å². The average molecular weight is 337 g/mol. The van der Waals surface area contributed by atoms with Crippen LogP contribution in [0.4, 0.5) is 0 Å². The molecule has 0 aliphatic heterocycles. The van der Waals surface area contributed by atoms with Crippen LogP contribution in [0.2, 0.25) is 0 Å².